The van der Waals surface area contributed by atoms with Crippen molar-refractivity contribution < 1.29 is 32.6 Å². The van der Waals surface area contributed by atoms with Crippen LogP contribution in [0.1, 0.15) is 21.5 Å². The van der Waals surface area contributed by atoms with Gasteiger partial charge >= 0.3 is 6.18 Å². The van der Waals surface area contributed by atoms with Crippen LogP contribution in [0.15, 0.2) is 54.6 Å². The highest BCUT2D eigenvalue weighted by Gasteiger charge is 2.30. The Labute approximate surface area is 200 Å². The summed E-state index contributed by atoms with van der Waals surface area (Å²) >= 11 is 1.10. The van der Waals surface area contributed by atoms with E-state index < -0.39 is 30.2 Å². The normalized spacial score (nSPS) is 11.3. The molecule has 0 atom stereocenters. The minimum absolute atomic E-state index is 0.135. The summed E-state index contributed by atoms with van der Waals surface area (Å²) in [5, 5.41) is 14.1. The highest BCUT2D eigenvalue weighted by atomic mass is 32.1. The molecular formula is C23H17F3N4O4S. The molecule has 0 bridgehead atoms. The topological polar surface area (TPSA) is 113 Å². The Bertz CT molecular complexity index is 1420. The van der Waals surface area contributed by atoms with Gasteiger partial charge < -0.3 is 15.2 Å². The van der Waals surface area contributed by atoms with Crippen LogP contribution in [0.5, 0.6) is 11.6 Å². The molecule has 8 nitrogen and oxygen atoms in total. The standard InChI is InChI=1S/C23H17F3N4O4S/c1-12-5-6-15(27-20(33)13-3-2-4-14(9-13)23(24,25)26)10-17(12)34-19-8-7-16-21(30-19)35-22(28-16)29-18(32)11-31/h2-10,31H,11H2,1H3,(H,27,33)(H,28,29,32). The first-order valence-corrected chi connectivity index (χ1v) is 10.9. The molecule has 2 heterocycles. The lowest BCUT2D eigenvalue weighted by molar-refractivity contribution is -0.137. The van der Waals surface area contributed by atoms with Crippen molar-refractivity contribution in [3.8, 4) is 11.6 Å². The number of aliphatic hydroxyl groups excluding tert-OH is 1. The predicted molar refractivity (Wildman–Crippen MR) is 124 cm³/mol. The first-order chi connectivity index (χ1) is 16.6. The number of aromatic nitrogens is 2. The van der Waals surface area contributed by atoms with Crippen molar-refractivity contribution in [2.45, 2.75) is 13.1 Å². The van der Waals surface area contributed by atoms with Gasteiger partial charge in [-0.25, -0.2) is 9.97 Å². The van der Waals surface area contributed by atoms with E-state index in [9.17, 15) is 22.8 Å². The number of anilines is 2. The van der Waals surface area contributed by atoms with Gasteiger partial charge in [0.05, 0.1) is 5.56 Å². The third-order valence-corrected chi connectivity index (χ3v) is 5.61. The molecule has 0 aliphatic heterocycles. The molecule has 180 valence electrons. The second kappa shape index (κ2) is 9.68. The van der Waals surface area contributed by atoms with E-state index in [1.165, 1.54) is 18.2 Å². The number of halogens is 3. The average molecular weight is 502 g/mol. The fourth-order valence-electron chi connectivity index (χ4n) is 3.01. The lowest BCUT2D eigenvalue weighted by atomic mass is 10.1. The maximum absolute atomic E-state index is 12.9. The number of carbonyl (C=O) groups excluding carboxylic acids is 2. The van der Waals surface area contributed by atoms with E-state index in [-0.39, 0.29) is 16.6 Å². The summed E-state index contributed by atoms with van der Waals surface area (Å²) in [7, 11) is 0. The quantitative estimate of drug-likeness (QED) is 0.342. The summed E-state index contributed by atoms with van der Waals surface area (Å²) in [5.74, 6) is -0.699. The molecule has 0 spiro atoms. The number of nitrogens with zero attached hydrogens (tertiary/aromatic N) is 2. The summed E-state index contributed by atoms with van der Waals surface area (Å²) in [4.78, 5) is 32.9. The van der Waals surface area contributed by atoms with Crippen LogP contribution in [-0.2, 0) is 11.0 Å². The van der Waals surface area contributed by atoms with Crippen molar-refractivity contribution in [2.75, 3.05) is 17.2 Å². The van der Waals surface area contributed by atoms with Crippen LogP contribution in [0.2, 0.25) is 0 Å². The Hall–Kier alpha value is -4.03. The van der Waals surface area contributed by atoms with Gasteiger partial charge in [-0.3, -0.25) is 14.9 Å². The molecule has 0 fully saturated rings. The maximum atomic E-state index is 12.9. The summed E-state index contributed by atoms with van der Waals surface area (Å²) < 4.78 is 44.7. The van der Waals surface area contributed by atoms with Gasteiger partial charge in [0.1, 0.15) is 22.7 Å². The van der Waals surface area contributed by atoms with Gasteiger partial charge in [-0.05, 0) is 42.8 Å². The number of hydrogen-bond donors (Lipinski definition) is 3. The molecule has 2 aromatic carbocycles. The van der Waals surface area contributed by atoms with Gasteiger partial charge in [0, 0.05) is 23.4 Å². The number of fused-ring (bicyclic) bond motifs is 1. The third-order valence-electron chi connectivity index (χ3n) is 4.73. The van der Waals surface area contributed by atoms with E-state index in [1.807, 2.05) is 0 Å². The number of ether oxygens (including phenoxy) is 1. The van der Waals surface area contributed by atoms with E-state index in [1.54, 1.807) is 31.2 Å². The van der Waals surface area contributed by atoms with Gasteiger partial charge in [-0.1, -0.05) is 23.5 Å². The zero-order valence-electron chi connectivity index (χ0n) is 18.0. The van der Waals surface area contributed by atoms with Crippen molar-refractivity contribution in [1.29, 1.82) is 0 Å². The number of hydrogen-bond acceptors (Lipinski definition) is 7. The van der Waals surface area contributed by atoms with Gasteiger partial charge in [0.15, 0.2) is 5.13 Å². The van der Waals surface area contributed by atoms with Crippen LogP contribution < -0.4 is 15.4 Å². The lowest BCUT2D eigenvalue weighted by Crippen LogP contribution is -2.14. The van der Waals surface area contributed by atoms with Crippen LogP contribution in [0.3, 0.4) is 0 Å². The highest BCUT2D eigenvalue weighted by molar-refractivity contribution is 7.21. The van der Waals surface area contributed by atoms with Crippen LogP contribution in [0, 0.1) is 6.92 Å². The average Bonchev–Trinajstić information content (AvgIpc) is 3.22. The van der Waals surface area contributed by atoms with Gasteiger partial charge in [0.2, 0.25) is 5.88 Å². The second-order valence-corrected chi connectivity index (χ2v) is 8.29. The molecule has 12 heteroatoms. The van der Waals surface area contributed by atoms with Crippen molar-refractivity contribution in [1.82, 2.24) is 9.97 Å². The minimum atomic E-state index is -4.56. The monoisotopic (exact) mass is 502 g/mol. The Morgan fingerprint density at radius 2 is 1.86 bits per heavy atom. The number of nitrogens with one attached hydrogen (secondary N) is 2. The van der Waals surface area contributed by atoms with Crippen molar-refractivity contribution >= 4 is 44.3 Å². The maximum Gasteiger partial charge on any atom is 0.416 e. The summed E-state index contributed by atoms with van der Waals surface area (Å²) in [6.45, 7) is 1.11. The molecule has 35 heavy (non-hydrogen) atoms. The summed E-state index contributed by atoms with van der Waals surface area (Å²) in [6, 6.07) is 12.2. The minimum Gasteiger partial charge on any atom is -0.439 e. The predicted octanol–water partition coefficient (Wildman–Crippen LogP) is 4.99. The second-order valence-electron chi connectivity index (χ2n) is 7.31. The lowest BCUT2D eigenvalue weighted by Gasteiger charge is -2.12. The third kappa shape index (κ3) is 5.73. The van der Waals surface area contributed by atoms with E-state index in [4.69, 9.17) is 9.84 Å². The summed E-state index contributed by atoms with van der Waals surface area (Å²) in [5.41, 5.74) is 0.519. The molecule has 0 radical (unpaired) electrons. The Kier molecular flexibility index (Phi) is 6.67. The first-order valence-electron chi connectivity index (χ1n) is 10.1. The van der Waals surface area contributed by atoms with E-state index in [0.29, 0.717) is 21.8 Å². The molecule has 0 saturated carbocycles. The molecule has 0 aliphatic rings. The van der Waals surface area contributed by atoms with Crippen molar-refractivity contribution in [3.05, 3.63) is 71.3 Å². The molecule has 0 unspecified atom stereocenters. The Morgan fingerprint density at radius 3 is 2.60 bits per heavy atom. The highest BCUT2D eigenvalue weighted by Crippen LogP contribution is 2.32. The molecule has 0 saturated heterocycles. The fraction of sp³-hybridized carbons (Fsp3) is 0.130. The van der Waals surface area contributed by atoms with Crippen molar-refractivity contribution in [3.63, 3.8) is 0 Å². The van der Waals surface area contributed by atoms with E-state index in [0.717, 1.165) is 29.0 Å². The van der Waals surface area contributed by atoms with Crippen LogP contribution >= 0.6 is 11.3 Å². The number of aryl methyl sites for hydroxylation is 1. The summed E-state index contributed by atoms with van der Waals surface area (Å²) in [6.07, 6.45) is -4.56. The number of alkyl halides is 3. The number of amides is 2. The zero-order valence-corrected chi connectivity index (χ0v) is 18.8. The number of pyridine rings is 1. The fourth-order valence-corrected chi connectivity index (χ4v) is 3.86. The molecule has 0 aliphatic carbocycles. The molecule has 4 aromatic rings. The van der Waals surface area contributed by atoms with Crippen molar-refractivity contribution in [2.24, 2.45) is 0 Å². The SMILES string of the molecule is Cc1ccc(NC(=O)c2cccc(C(F)(F)F)c2)cc1Oc1ccc2nc(NC(=O)CO)sc2n1. The van der Waals surface area contributed by atoms with Gasteiger partial charge in [0.25, 0.3) is 11.8 Å². The number of carbonyl (C=O) groups is 2. The molecule has 4 rings (SSSR count). The molecule has 2 amide bonds. The van der Waals surface area contributed by atoms with Gasteiger partial charge in [-0.2, -0.15) is 13.2 Å². The van der Waals surface area contributed by atoms with Gasteiger partial charge in [-0.15, -0.1) is 0 Å². The number of thiazole rings is 1. The molecular weight excluding hydrogens is 485 g/mol. The molecule has 2 aromatic heterocycles. The Morgan fingerprint density at radius 1 is 1.06 bits per heavy atom. The largest absolute Gasteiger partial charge is 0.439 e. The number of aliphatic hydroxyl groups is 1. The first kappa shape index (κ1) is 24.1. The Balaban J connectivity index is 1.52. The van der Waals surface area contributed by atoms with Crippen LogP contribution in [-0.4, -0.2) is 33.5 Å². The smallest absolute Gasteiger partial charge is 0.416 e. The van der Waals surface area contributed by atoms with Crippen LogP contribution in [0.25, 0.3) is 10.3 Å². The van der Waals surface area contributed by atoms with E-state index >= 15 is 0 Å². The number of rotatable bonds is 6. The number of benzene rings is 2. The van der Waals surface area contributed by atoms with Crippen LogP contribution in [0.4, 0.5) is 24.0 Å². The van der Waals surface area contributed by atoms with E-state index in [2.05, 4.69) is 20.6 Å². The zero-order chi connectivity index (χ0) is 25.2. The molecule has 3 N–H and O–H groups in total.